The fourth-order valence-corrected chi connectivity index (χ4v) is 4.46. The van der Waals surface area contributed by atoms with Crippen molar-refractivity contribution in [3.05, 3.63) is 41.2 Å². The van der Waals surface area contributed by atoms with Crippen molar-refractivity contribution in [3.8, 4) is 6.07 Å². The highest BCUT2D eigenvalue weighted by atomic mass is 35.5. The largest absolute Gasteiger partial charge is 0.384 e. The minimum Gasteiger partial charge on any atom is -0.384 e. The number of likely N-dealkylation sites (tertiary alicyclic amines) is 1. The standard InChI is InChI=1S/C23H27ClN4O3/c1-14-21(28(13-23(14,2)3)19(29)8-9-31-4)22(30)27-18(10-25)16-12-26-11-15-6-5-7-17(24)20(15)16/h5-7,11-12,14,18,21H,8-9,13H2,1-4H3,(H,27,30)/t14?,18?,21-/m0/s1. The van der Waals surface area contributed by atoms with Gasteiger partial charge >= 0.3 is 0 Å². The Morgan fingerprint density at radius 3 is 2.84 bits per heavy atom. The number of halogens is 1. The highest BCUT2D eigenvalue weighted by Gasteiger charge is 2.49. The molecule has 7 nitrogen and oxygen atoms in total. The molecule has 0 saturated carbocycles. The van der Waals surface area contributed by atoms with Gasteiger partial charge in [-0.3, -0.25) is 14.6 Å². The van der Waals surface area contributed by atoms with E-state index in [4.69, 9.17) is 16.3 Å². The average molecular weight is 443 g/mol. The molecule has 2 heterocycles. The van der Waals surface area contributed by atoms with E-state index in [9.17, 15) is 14.9 Å². The van der Waals surface area contributed by atoms with Crippen LogP contribution in [0.3, 0.4) is 0 Å². The molecule has 2 aromatic rings. The van der Waals surface area contributed by atoms with Gasteiger partial charge < -0.3 is 15.0 Å². The highest BCUT2D eigenvalue weighted by molar-refractivity contribution is 6.35. The SMILES string of the molecule is COCCC(=O)N1CC(C)(C)C(C)[C@H]1C(=O)NC(C#N)c1cncc2cccc(Cl)c12. The molecule has 1 aromatic heterocycles. The molecule has 8 heteroatoms. The van der Waals surface area contributed by atoms with Gasteiger partial charge in [-0.2, -0.15) is 5.26 Å². The second-order valence-electron chi connectivity index (χ2n) is 8.62. The zero-order valence-corrected chi connectivity index (χ0v) is 18.9. The Morgan fingerprint density at radius 2 is 2.16 bits per heavy atom. The Labute approximate surface area is 187 Å². The number of nitrogens with zero attached hydrogens (tertiary/aromatic N) is 3. The van der Waals surface area contributed by atoms with E-state index >= 15 is 0 Å². The van der Waals surface area contributed by atoms with Crippen LogP contribution in [0.15, 0.2) is 30.6 Å². The van der Waals surface area contributed by atoms with Gasteiger partial charge in [-0.25, -0.2) is 0 Å². The van der Waals surface area contributed by atoms with Crippen molar-refractivity contribution in [3.63, 3.8) is 0 Å². The van der Waals surface area contributed by atoms with Gasteiger partial charge in [0.15, 0.2) is 0 Å². The second kappa shape index (κ2) is 9.21. The maximum Gasteiger partial charge on any atom is 0.244 e. The fraction of sp³-hybridized carbons (Fsp3) is 0.478. The molecule has 0 aliphatic carbocycles. The first-order valence-electron chi connectivity index (χ1n) is 10.2. The predicted octanol–water partition coefficient (Wildman–Crippen LogP) is 3.48. The molecule has 2 unspecified atom stereocenters. The minimum absolute atomic E-state index is 0.0902. The first-order valence-corrected chi connectivity index (χ1v) is 10.6. The van der Waals surface area contributed by atoms with Gasteiger partial charge in [0.1, 0.15) is 12.1 Å². The zero-order valence-electron chi connectivity index (χ0n) is 18.2. The predicted molar refractivity (Wildman–Crippen MR) is 118 cm³/mol. The van der Waals surface area contributed by atoms with Gasteiger partial charge in [0.25, 0.3) is 0 Å². The number of hydrogen-bond acceptors (Lipinski definition) is 5. The normalized spacial score (nSPS) is 21.0. The van der Waals surface area contributed by atoms with Crippen LogP contribution in [0.4, 0.5) is 0 Å². The maximum absolute atomic E-state index is 13.4. The molecule has 3 rings (SSSR count). The first-order chi connectivity index (χ1) is 14.7. The number of benzene rings is 1. The van der Waals surface area contributed by atoms with E-state index < -0.39 is 12.1 Å². The summed E-state index contributed by atoms with van der Waals surface area (Å²) >= 11 is 6.39. The van der Waals surface area contributed by atoms with Gasteiger partial charge in [-0.05, 0) is 17.4 Å². The Kier molecular flexibility index (Phi) is 6.83. The van der Waals surface area contributed by atoms with Crippen LogP contribution < -0.4 is 5.32 Å². The van der Waals surface area contributed by atoms with Gasteiger partial charge in [-0.15, -0.1) is 0 Å². The van der Waals surface area contributed by atoms with Crippen LogP contribution in [-0.2, 0) is 14.3 Å². The third-order valence-corrected chi connectivity index (χ3v) is 6.53. The number of pyridine rings is 1. The smallest absolute Gasteiger partial charge is 0.244 e. The topological polar surface area (TPSA) is 95.3 Å². The monoisotopic (exact) mass is 442 g/mol. The summed E-state index contributed by atoms with van der Waals surface area (Å²) in [4.78, 5) is 31.9. The minimum atomic E-state index is -0.949. The molecule has 1 aromatic carbocycles. The molecular weight excluding hydrogens is 416 g/mol. The Morgan fingerprint density at radius 1 is 1.42 bits per heavy atom. The Hall–Kier alpha value is -2.69. The van der Waals surface area contributed by atoms with E-state index in [0.717, 1.165) is 5.39 Å². The van der Waals surface area contributed by atoms with E-state index in [2.05, 4.69) is 16.4 Å². The summed E-state index contributed by atoms with van der Waals surface area (Å²) in [6, 6.07) is 5.93. The van der Waals surface area contributed by atoms with E-state index in [1.165, 1.54) is 7.11 Å². The van der Waals surface area contributed by atoms with Crippen molar-refractivity contribution in [1.29, 1.82) is 5.26 Å². The van der Waals surface area contributed by atoms with Gasteiger partial charge in [0.05, 0.1) is 19.1 Å². The van der Waals surface area contributed by atoms with E-state index in [-0.39, 0.29) is 29.6 Å². The van der Waals surface area contributed by atoms with Crippen LogP contribution in [0.1, 0.15) is 38.8 Å². The van der Waals surface area contributed by atoms with Crippen LogP contribution >= 0.6 is 11.6 Å². The molecule has 0 spiro atoms. The van der Waals surface area contributed by atoms with E-state index in [1.807, 2.05) is 32.9 Å². The summed E-state index contributed by atoms with van der Waals surface area (Å²) in [5.74, 6) is -0.588. The lowest BCUT2D eigenvalue weighted by molar-refractivity contribution is -0.140. The number of fused-ring (bicyclic) bond motifs is 1. The summed E-state index contributed by atoms with van der Waals surface area (Å²) in [5.41, 5.74) is 0.290. The Bertz CT molecular complexity index is 1030. The van der Waals surface area contributed by atoms with Gasteiger partial charge in [0, 0.05) is 47.4 Å². The number of rotatable bonds is 6. The van der Waals surface area contributed by atoms with Crippen LogP contribution in [0.25, 0.3) is 10.8 Å². The number of ether oxygens (including phenoxy) is 1. The molecular formula is C23H27ClN4O3. The molecule has 31 heavy (non-hydrogen) atoms. The second-order valence-corrected chi connectivity index (χ2v) is 9.03. The fourth-order valence-electron chi connectivity index (χ4n) is 4.17. The number of carbonyl (C=O) groups is 2. The summed E-state index contributed by atoms with van der Waals surface area (Å²) < 4.78 is 5.03. The molecule has 2 amide bonds. The number of hydrogen-bond donors (Lipinski definition) is 1. The lowest BCUT2D eigenvalue weighted by atomic mass is 9.80. The van der Waals surface area contributed by atoms with Gasteiger partial charge in [-0.1, -0.05) is 44.5 Å². The number of methoxy groups -OCH3 is 1. The molecule has 1 fully saturated rings. The highest BCUT2D eigenvalue weighted by Crippen LogP contribution is 2.40. The van der Waals surface area contributed by atoms with Crippen LogP contribution in [0.5, 0.6) is 0 Å². The zero-order chi connectivity index (χ0) is 22.8. The van der Waals surface area contributed by atoms with E-state index in [0.29, 0.717) is 29.1 Å². The molecule has 1 aliphatic heterocycles. The molecule has 0 bridgehead atoms. The quantitative estimate of drug-likeness (QED) is 0.738. The summed E-state index contributed by atoms with van der Waals surface area (Å²) in [6.45, 7) is 6.80. The molecule has 1 N–H and O–H groups in total. The summed E-state index contributed by atoms with van der Waals surface area (Å²) in [5, 5.41) is 14.6. The molecule has 0 radical (unpaired) electrons. The van der Waals surface area contributed by atoms with Crippen LogP contribution in [-0.4, -0.2) is 48.0 Å². The number of nitrogens with one attached hydrogen (secondary N) is 1. The Balaban J connectivity index is 1.91. The third kappa shape index (κ3) is 4.51. The third-order valence-electron chi connectivity index (χ3n) is 6.22. The maximum atomic E-state index is 13.4. The van der Waals surface area contributed by atoms with Crippen molar-refractivity contribution in [2.24, 2.45) is 11.3 Å². The van der Waals surface area contributed by atoms with Gasteiger partial charge in [0.2, 0.25) is 11.8 Å². The van der Waals surface area contributed by atoms with Crippen LogP contribution in [0.2, 0.25) is 5.02 Å². The van der Waals surface area contributed by atoms with Crippen molar-refractivity contribution >= 4 is 34.2 Å². The number of amides is 2. The van der Waals surface area contributed by atoms with E-state index in [1.54, 1.807) is 23.4 Å². The number of carbonyl (C=O) groups excluding carboxylic acids is 2. The molecule has 1 saturated heterocycles. The van der Waals surface area contributed by atoms with Crippen molar-refractivity contribution < 1.29 is 14.3 Å². The van der Waals surface area contributed by atoms with Crippen LogP contribution in [0, 0.1) is 22.7 Å². The first kappa shape index (κ1) is 23.0. The van der Waals surface area contributed by atoms with Crippen molar-refractivity contribution in [2.45, 2.75) is 39.3 Å². The number of nitriles is 1. The number of aromatic nitrogens is 1. The lowest BCUT2D eigenvalue weighted by Gasteiger charge is -2.28. The molecule has 1 aliphatic rings. The average Bonchev–Trinajstić information content (AvgIpc) is 2.99. The molecule has 164 valence electrons. The summed E-state index contributed by atoms with van der Waals surface area (Å²) in [6.07, 6.45) is 3.41. The lowest BCUT2D eigenvalue weighted by Crippen LogP contribution is -2.49. The summed E-state index contributed by atoms with van der Waals surface area (Å²) in [7, 11) is 1.54. The van der Waals surface area contributed by atoms with Crippen molar-refractivity contribution in [1.82, 2.24) is 15.2 Å². The molecule has 3 atom stereocenters. The van der Waals surface area contributed by atoms with Crippen molar-refractivity contribution in [2.75, 3.05) is 20.3 Å².